The molecule has 0 saturated heterocycles. The minimum atomic E-state index is -0.431. The number of nitrogens with two attached hydrogens (primary N) is 1. The highest BCUT2D eigenvalue weighted by Crippen LogP contribution is 2.16. The van der Waals surface area contributed by atoms with Crippen LogP contribution in [0.1, 0.15) is 24.3 Å². The number of hydrogen-bond donors (Lipinski definition) is 2. The summed E-state index contributed by atoms with van der Waals surface area (Å²) in [6, 6.07) is 1.66. The summed E-state index contributed by atoms with van der Waals surface area (Å²) in [5.41, 5.74) is 6.74. The second kappa shape index (κ2) is 5.12. The number of carbonyl (C=O) groups excluding carboxylic acids is 1. The van der Waals surface area contributed by atoms with Gasteiger partial charge in [-0.15, -0.1) is 11.3 Å². The molecule has 0 aromatic carbocycles. The van der Waals surface area contributed by atoms with Gasteiger partial charge in [-0.1, -0.05) is 6.92 Å². The average molecular weight is 212 g/mol. The molecule has 3 nitrogen and oxygen atoms in total. The summed E-state index contributed by atoms with van der Waals surface area (Å²) < 4.78 is 0. The maximum Gasteiger partial charge on any atom is 0.236 e. The minimum absolute atomic E-state index is 0.0968. The van der Waals surface area contributed by atoms with E-state index < -0.39 is 6.04 Å². The Labute approximate surface area is 88.3 Å². The van der Waals surface area contributed by atoms with Crippen LogP contribution in [-0.2, 0) is 17.8 Å². The topological polar surface area (TPSA) is 55.1 Å². The van der Waals surface area contributed by atoms with Gasteiger partial charge >= 0.3 is 0 Å². The van der Waals surface area contributed by atoms with Crippen molar-refractivity contribution < 1.29 is 4.79 Å². The first kappa shape index (κ1) is 11.2. The largest absolute Gasteiger partial charge is 0.350 e. The van der Waals surface area contributed by atoms with Gasteiger partial charge in [-0.3, -0.25) is 4.79 Å². The normalized spacial score (nSPS) is 12.5. The Hall–Kier alpha value is -0.870. The van der Waals surface area contributed by atoms with Crippen LogP contribution in [0.5, 0.6) is 0 Å². The zero-order valence-electron chi connectivity index (χ0n) is 8.54. The molecule has 0 bridgehead atoms. The number of rotatable bonds is 4. The van der Waals surface area contributed by atoms with Gasteiger partial charge in [0.05, 0.1) is 12.6 Å². The molecular weight excluding hydrogens is 196 g/mol. The molecule has 0 aliphatic heterocycles. The highest BCUT2D eigenvalue weighted by molar-refractivity contribution is 7.10. The third kappa shape index (κ3) is 2.82. The summed E-state index contributed by atoms with van der Waals surface area (Å²) in [6.45, 7) is 4.39. The van der Waals surface area contributed by atoms with E-state index in [9.17, 15) is 4.79 Å². The summed E-state index contributed by atoms with van der Waals surface area (Å²) in [4.78, 5) is 12.4. The fourth-order valence-electron chi connectivity index (χ4n) is 1.17. The van der Waals surface area contributed by atoms with Crippen molar-refractivity contribution in [3.05, 3.63) is 21.9 Å². The molecule has 0 unspecified atom stereocenters. The molecule has 1 amide bonds. The fourth-order valence-corrected chi connectivity index (χ4v) is 2.08. The highest BCUT2D eigenvalue weighted by Gasteiger charge is 2.08. The molecule has 0 aliphatic rings. The predicted molar refractivity (Wildman–Crippen MR) is 59.2 cm³/mol. The summed E-state index contributed by atoms with van der Waals surface area (Å²) in [6.07, 6.45) is 1.01. The Balaban J connectivity index is 2.49. The van der Waals surface area contributed by atoms with Gasteiger partial charge in [0.25, 0.3) is 0 Å². The molecule has 0 aliphatic carbocycles. The van der Waals surface area contributed by atoms with E-state index in [0.717, 1.165) is 6.42 Å². The van der Waals surface area contributed by atoms with E-state index in [2.05, 4.69) is 18.3 Å². The Morgan fingerprint density at radius 3 is 3.00 bits per heavy atom. The van der Waals surface area contributed by atoms with Crippen molar-refractivity contribution in [3.63, 3.8) is 0 Å². The van der Waals surface area contributed by atoms with Crippen molar-refractivity contribution in [2.24, 2.45) is 5.73 Å². The van der Waals surface area contributed by atoms with Gasteiger partial charge in [-0.25, -0.2) is 0 Å². The lowest BCUT2D eigenvalue weighted by molar-refractivity contribution is -0.122. The van der Waals surface area contributed by atoms with Crippen LogP contribution in [0, 0.1) is 0 Å². The Bertz CT molecular complexity index is 307. The third-order valence-corrected chi connectivity index (χ3v) is 3.02. The first-order valence-electron chi connectivity index (χ1n) is 4.73. The lowest BCUT2D eigenvalue weighted by Crippen LogP contribution is -2.37. The van der Waals surface area contributed by atoms with Crippen LogP contribution in [-0.4, -0.2) is 11.9 Å². The van der Waals surface area contributed by atoms with Gasteiger partial charge in [0.1, 0.15) is 0 Å². The lowest BCUT2D eigenvalue weighted by atomic mass is 10.2. The van der Waals surface area contributed by atoms with Crippen molar-refractivity contribution in [2.75, 3.05) is 0 Å². The van der Waals surface area contributed by atoms with Crippen LogP contribution < -0.4 is 11.1 Å². The molecule has 0 radical (unpaired) electrons. The van der Waals surface area contributed by atoms with Crippen LogP contribution in [0.25, 0.3) is 0 Å². The average Bonchev–Trinajstić information content (AvgIpc) is 2.60. The first-order chi connectivity index (χ1) is 6.65. The smallest absolute Gasteiger partial charge is 0.236 e. The number of thiophene rings is 1. The number of hydrogen-bond acceptors (Lipinski definition) is 3. The Kier molecular flexibility index (Phi) is 4.10. The highest BCUT2D eigenvalue weighted by atomic mass is 32.1. The van der Waals surface area contributed by atoms with E-state index in [-0.39, 0.29) is 5.91 Å². The third-order valence-electron chi connectivity index (χ3n) is 2.06. The SMILES string of the molecule is CCc1ccsc1CNC(=O)[C@@H](C)N. The molecule has 14 heavy (non-hydrogen) atoms. The summed E-state index contributed by atoms with van der Waals surface area (Å²) >= 11 is 1.67. The molecule has 0 fully saturated rings. The molecule has 0 saturated carbocycles. The molecule has 0 spiro atoms. The van der Waals surface area contributed by atoms with Gasteiger partial charge < -0.3 is 11.1 Å². The van der Waals surface area contributed by atoms with E-state index in [0.29, 0.717) is 6.54 Å². The number of nitrogens with one attached hydrogen (secondary N) is 1. The second-order valence-electron chi connectivity index (χ2n) is 3.23. The van der Waals surface area contributed by atoms with E-state index in [1.165, 1.54) is 10.4 Å². The second-order valence-corrected chi connectivity index (χ2v) is 4.23. The molecule has 1 aromatic heterocycles. The van der Waals surface area contributed by atoms with E-state index >= 15 is 0 Å². The lowest BCUT2D eigenvalue weighted by Gasteiger charge is -2.07. The molecular formula is C10H16N2OS. The summed E-state index contributed by atoms with van der Waals surface area (Å²) in [7, 11) is 0. The van der Waals surface area contributed by atoms with Gasteiger partial charge in [-0.2, -0.15) is 0 Å². The molecule has 3 N–H and O–H groups in total. The monoisotopic (exact) mass is 212 g/mol. The van der Waals surface area contributed by atoms with Crippen molar-refractivity contribution in [2.45, 2.75) is 32.9 Å². The van der Waals surface area contributed by atoms with Gasteiger partial charge in [0, 0.05) is 4.88 Å². The summed E-state index contributed by atoms with van der Waals surface area (Å²) in [5.74, 6) is -0.0968. The molecule has 1 rings (SSSR count). The Morgan fingerprint density at radius 1 is 1.71 bits per heavy atom. The molecule has 1 atom stereocenters. The minimum Gasteiger partial charge on any atom is -0.350 e. The fraction of sp³-hybridized carbons (Fsp3) is 0.500. The van der Waals surface area contributed by atoms with Gasteiger partial charge in [0.2, 0.25) is 5.91 Å². The first-order valence-corrected chi connectivity index (χ1v) is 5.61. The standard InChI is InChI=1S/C10H16N2OS/c1-3-8-4-5-14-9(8)6-12-10(13)7(2)11/h4-5,7H,3,6,11H2,1-2H3,(H,12,13)/t7-/m1/s1. The molecule has 1 aromatic rings. The molecule has 4 heteroatoms. The van der Waals surface area contributed by atoms with E-state index in [1.807, 2.05) is 5.38 Å². The predicted octanol–water partition coefficient (Wildman–Crippen LogP) is 1.27. The number of carbonyl (C=O) groups is 1. The van der Waals surface area contributed by atoms with Gasteiger partial charge in [-0.05, 0) is 30.4 Å². The maximum atomic E-state index is 11.2. The Morgan fingerprint density at radius 2 is 2.43 bits per heavy atom. The molecule has 78 valence electrons. The number of amides is 1. The van der Waals surface area contributed by atoms with E-state index in [4.69, 9.17) is 5.73 Å². The van der Waals surface area contributed by atoms with Crippen molar-refractivity contribution in [3.8, 4) is 0 Å². The quantitative estimate of drug-likeness (QED) is 0.789. The summed E-state index contributed by atoms with van der Waals surface area (Å²) in [5, 5.41) is 4.85. The van der Waals surface area contributed by atoms with Crippen molar-refractivity contribution in [1.82, 2.24) is 5.32 Å². The van der Waals surface area contributed by atoms with E-state index in [1.54, 1.807) is 18.3 Å². The zero-order chi connectivity index (χ0) is 10.6. The zero-order valence-corrected chi connectivity index (χ0v) is 9.36. The van der Waals surface area contributed by atoms with Crippen LogP contribution in [0.2, 0.25) is 0 Å². The van der Waals surface area contributed by atoms with Crippen LogP contribution in [0.4, 0.5) is 0 Å². The van der Waals surface area contributed by atoms with Crippen LogP contribution in [0.15, 0.2) is 11.4 Å². The molecule has 1 heterocycles. The van der Waals surface area contributed by atoms with Crippen LogP contribution in [0.3, 0.4) is 0 Å². The van der Waals surface area contributed by atoms with Crippen molar-refractivity contribution >= 4 is 17.2 Å². The van der Waals surface area contributed by atoms with Gasteiger partial charge in [0.15, 0.2) is 0 Å². The van der Waals surface area contributed by atoms with Crippen LogP contribution >= 0.6 is 11.3 Å². The maximum absolute atomic E-state index is 11.2. The number of aryl methyl sites for hydroxylation is 1. The van der Waals surface area contributed by atoms with Crippen molar-refractivity contribution in [1.29, 1.82) is 0 Å².